The summed E-state index contributed by atoms with van der Waals surface area (Å²) in [7, 11) is 0. The van der Waals surface area contributed by atoms with E-state index in [1.807, 2.05) is 0 Å². The summed E-state index contributed by atoms with van der Waals surface area (Å²) in [6.07, 6.45) is 2.05. The standard InChI is InChI=1S/C11H11F3OS2/c1-3-10(15)7-4-8(16-2)6-9(5-7)17-11(12,13)14/h4-6H,3H2,1-2H3. The molecule has 0 atom stereocenters. The largest absolute Gasteiger partial charge is 0.446 e. The fourth-order valence-corrected chi connectivity index (χ4v) is 2.45. The number of alkyl halides is 3. The van der Waals surface area contributed by atoms with Crippen molar-refractivity contribution in [2.24, 2.45) is 0 Å². The molecule has 0 bridgehead atoms. The average molecular weight is 280 g/mol. The molecule has 0 radical (unpaired) electrons. The van der Waals surface area contributed by atoms with Gasteiger partial charge in [0.2, 0.25) is 0 Å². The predicted molar refractivity (Wildman–Crippen MR) is 64.8 cm³/mol. The highest BCUT2D eigenvalue weighted by molar-refractivity contribution is 8.00. The lowest BCUT2D eigenvalue weighted by atomic mass is 10.1. The zero-order valence-electron chi connectivity index (χ0n) is 9.30. The highest BCUT2D eigenvalue weighted by Crippen LogP contribution is 2.38. The molecular formula is C11H11F3OS2. The third kappa shape index (κ3) is 4.63. The van der Waals surface area contributed by atoms with Crippen LogP contribution in [0.4, 0.5) is 13.2 Å². The Morgan fingerprint density at radius 3 is 2.29 bits per heavy atom. The number of carbonyl (C=O) groups excluding carboxylic acids is 1. The second kappa shape index (κ2) is 5.82. The molecule has 94 valence electrons. The lowest BCUT2D eigenvalue weighted by molar-refractivity contribution is -0.0328. The molecule has 0 amide bonds. The molecule has 17 heavy (non-hydrogen) atoms. The zero-order valence-corrected chi connectivity index (χ0v) is 10.9. The zero-order chi connectivity index (χ0) is 13.1. The van der Waals surface area contributed by atoms with Crippen LogP contribution in [0.2, 0.25) is 0 Å². The van der Waals surface area contributed by atoms with Gasteiger partial charge in [-0.2, -0.15) is 13.2 Å². The van der Waals surface area contributed by atoms with Crippen LogP contribution in [0.15, 0.2) is 28.0 Å². The summed E-state index contributed by atoms with van der Waals surface area (Å²) in [6, 6.07) is 4.36. The molecule has 0 unspecified atom stereocenters. The van der Waals surface area contributed by atoms with Gasteiger partial charge in [-0.3, -0.25) is 4.79 Å². The predicted octanol–water partition coefficient (Wildman–Crippen LogP) is 4.61. The van der Waals surface area contributed by atoms with Crippen molar-refractivity contribution >= 4 is 29.3 Å². The molecule has 6 heteroatoms. The van der Waals surface area contributed by atoms with Crippen molar-refractivity contribution in [2.45, 2.75) is 28.6 Å². The van der Waals surface area contributed by atoms with Gasteiger partial charge in [-0.25, -0.2) is 0 Å². The van der Waals surface area contributed by atoms with Crippen LogP contribution in [0.25, 0.3) is 0 Å². The van der Waals surface area contributed by atoms with Gasteiger partial charge in [0, 0.05) is 21.8 Å². The minimum absolute atomic E-state index is 0.0566. The van der Waals surface area contributed by atoms with E-state index in [1.165, 1.54) is 23.9 Å². The normalized spacial score (nSPS) is 11.6. The third-order valence-electron chi connectivity index (χ3n) is 1.99. The summed E-state index contributed by atoms with van der Waals surface area (Å²) >= 11 is 1.12. The van der Waals surface area contributed by atoms with Crippen LogP contribution in [0, 0.1) is 0 Å². The molecule has 0 aromatic heterocycles. The molecule has 0 N–H and O–H groups in total. The fraction of sp³-hybridized carbons (Fsp3) is 0.364. The number of hydrogen-bond donors (Lipinski definition) is 0. The van der Waals surface area contributed by atoms with Crippen molar-refractivity contribution in [3.8, 4) is 0 Å². The summed E-state index contributed by atoms with van der Waals surface area (Å²) in [5, 5.41) is 0. The smallest absolute Gasteiger partial charge is 0.294 e. The number of thioether (sulfide) groups is 2. The minimum Gasteiger partial charge on any atom is -0.294 e. The summed E-state index contributed by atoms with van der Waals surface area (Å²) in [6.45, 7) is 1.69. The maximum Gasteiger partial charge on any atom is 0.446 e. The Bertz CT molecular complexity index is 416. The topological polar surface area (TPSA) is 17.1 Å². The van der Waals surface area contributed by atoms with Gasteiger partial charge in [-0.1, -0.05) is 6.92 Å². The molecule has 0 saturated carbocycles. The first-order valence-corrected chi connectivity index (χ1v) is 6.88. The molecule has 0 aliphatic rings. The van der Waals surface area contributed by atoms with Gasteiger partial charge < -0.3 is 0 Å². The third-order valence-corrected chi connectivity index (χ3v) is 3.40. The van der Waals surface area contributed by atoms with E-state index >= 15 is 0 Å². The van der Waals surface area contributed by atoms with Gasteiger partial charge in [-0.05, 0) is 36.2 Å². The Labute approximate surface area is 106 Å². The Hall–Kier alpha value is -0.620. The van der Waals surface area contributed by atoms with Crippen molar-refractivity contribution in [1.29, 1.82) is 0 Å². The number of halogens is 3. The first-order valence-electron chi connectivity index (χ1n) is 4.83. The number of carbonyl (C=O) groups is 1. The van der Waals surface area contributed by atoms with Crippen molar-refractivity contribution in [2.75, 3.05) is 6.26 Å². The quantitative estimate of drug-likeness (QED) is 0.592. The van der Waals surface area contributed by atoms with E-state index in [0.717, 1.165) is 0 Å². The Kier molecular flexibility index (Phi) is 4.94. The summed E-state index contributed by atoms with van der Waals surface area (Å²) in [5.41, 5.74) is -3.99. The van der Waals surface area contributed by atoms with E-state index in [9.17, 15) is 18.0 Å². The van der Waals surface area contributed by atoms with Crippen molar-refractivity contribution < 1.29 is 18.0 Å². The number of ketones is 1. The van der Waals surface area contributed by atoms with Crippen LogP contribution in [0.1, 0.15) is 23.7 Å². The lowest BCUT2D eigenvalue weighted by Gasteiger charge is -2.09. The fourth-order valence-electron chi connectivity index (χ4n) is 1.25. The molecule has 0 fully saturated rings. The van der Waals surface area contributed by atoms with E-state index in [0.29, 0.717) is 10.5 Å². The SMILES string of the molecule is CCC(=O)c1cc(SC)cc(SC(F)(F)F)c1. The van der Waals surface area contributed by atoms with Gasteiger partial charge in [0.15, 0.2) is 5.78 Å². The molecule has 1 aromatic rings. The molecule has 0 spiro atoms. The number of rotatable bonds is 4. The van der Waals surface area contributed by atoms with Crippen LogP contribution in [0.3, 0.4) is 0 Å². The molecule has 1 aromatic carbocycles. The van der Waals surface area contributed by atoms with Crippen LogP contribution < -0.4 is 0 Å². The van der Waals surface area contributed by atoms with Gasteiger partial charge in [0.1, 0.15) is 0 Å². The van der Waals surface area contributed by atoms with Gasteiger partial charge in [0.25, 0.3) is 0 Å². The highest BCUT2D eigenvalue weighted by atomic mass is 32.2. The van der Waals surface area contributed by atoms with E-state index in [2.05, 4.69) is 0 Å². The molecule has 0 aliphatic heterocycles. The molecular weight excluding hydrogens is 269 g/mol. The van der Waals surface area contributed by atoms with Gasteiger partial charge in [0.05, 0.1) is 0 Å². The average Bonchev–Trinajstić information content (AvgIpc) is 2.25. The van der Waals surface area contributed by atoms with Crippen molar-refractivity contribution in [3.63, 3.8) is 0 Å². The Morgan fingerprint density at radius 2 is 1.82 bits per heavy atom. The number of hydrogen-bond acceptors (Lipinski definition) is 3. The van der Waals surface area contributed by atoms with E-state index in [4.69, 9.17) is 0 Å². The molecule has 0 heterocycles. The lowest BCUT2D eigenvalue weighted by Crippen LogP contribution is -2.01. The number of benzene rings is 1. The second-order valence-corrected chi connectivity index (χ2v) is 5.24. The van der Waals surface area contributed by atoms with Gasteiger partial charge in [-0.15, -0.1) is 11.8 Å². The van der Waals surface area contributed by atoms with Crippen molar-refractivity contribution in [3.05, 3.63) is 23.8 Å². The monoisotopic (exact) mass is 280 g/mol. The van der Waals surface area contributed by atoms with E-state index in [1.54, 1.807) is 19.2 Å². The van der Waals surface area contributed by atoms with Crippen LogP contribution >= 0.6 is 23.5 Å². The van der Waals surface area contributed by atoms with E-state index in [-0.39, 0.29) is 28.9 Å². The maximum absolute atomic E-state index is 12.3. The molecule has 1 rings (SSSR count). The summed E-state index contributed by atoms with van der Waals surface area (Å²) < 4.78 is 36.8. The van der Waals surface area contributed by atoms with E-state index < -0.39 is 5.51 Å². The molecule has 0 aliphatic carbocycles. The summed E-state index contributed by atoms with van der Waals surface area (Å²) in [4.78, 5) is 12.2. The molecule has 0 saturated heterocycles. The van der Waals surface area contributed by atoms with Crippen LogP contribution in [0.5, 0.6) is 0 Å². The number of Topliss-reactive ketones (excluding diaryl/α,β-unsaturated/α-hetero) is 1. The first-order chi connectivity index (χ1) is 7.85. The summed E-state index contributed by atoms with van der Waals surface area (Å²) in [5.74, 6) is -0.148. The molecule has 1 nitrogen and oxygen atoms in total. The second-order valence-electron chi connectivity index (χ2n) is 3.22. The van der Waals surface area contributed by atoms with Crippen LogP contribution in [-0.2, 0) is 0 Å². The maximum atomic E-state index is 12.3. The van der Waals surface area contributed by atoms with Gasteiger partial charge >= 0.3 is 5.51 Å². The first kappa shape index (κ1) is 14.4. The Balaban J connectivity index is 3.09. The Morgan fingerprint density at radius 1 is 1.24 bits per heavy atom. The minimum atomic E-state index is -4.33. The van der Waals surface area contributed by atoms with Crippen LogP contribution in [-0.4, -0.2) is 17.5 Å². The van der Waals surface area contributed by atoms with Crippen molar-refractivity contribution in [1.82, 2.24) is 0 Å². The highest BCUT2D eigenvalue weighted by Gasteiger charge is 2.29.